The summed E-state index contributed by atoms with van der Waals surface area (Å²) < 4.78 is 3.45. The fourth-order valence-electron chi connectivity index (χ4n) is 2.32. The van der Waals surface area contributed by atoms with Gasteiger partial charge in [0.2, 0.25) is 0 Å². The lowest BCUT2D eigenvalue weighted by molar-refractivity contribution is 0.680. The van der Waals surface area contributed by atoms with Gasteiger partial charge in [0.05, 0.1) is 24.0 Å². The van der Waals surface area contributed by atoms with E-state index in [1.807, 2.05) is 51.1 Å². The van der Waals surface area contributed by atoms with Crippen LogP contribution in [0.15, 0.2) is 35.4 Å². The second kappa shape index (κ2) is 6.34. The van der Waals surface area contributed by atoms with E-state index in [1.165, 1.54) is 0 Å². The molecule has 0 atom stereocenters. The minimum atomic E-state index is 0.568. The first-order chi connectivity index (χ1) is 11.1. The minimum Gasteiger partial charge on any atom is -0.249 e. The van der Waals surface area contributed by atoms with Crippen molar-refractivity contribution in [1.29, 1.82) is 0 Å². The molecule has 0 fully saturated rings. The summed E-state index contributed by atoms with van der Waals surface area (Å²) in [6.45, 7) is 6.24. The molecule has 1 aromatic carbocycles. The van der Waals surface area contributed by atoms with Gasteiger partial charge in [-0.25, -0.2) is 9.36 Å². The third-order valence-corrected chi connectivity index (χ3v) is 3.94. The highest BCUT2D eigenvalue weighted by Gasteiger charge is 2.12. The monoisotopic (exact) mass is 328 g/mol. The van der Waals surface area contributed by atoms with Gasteiger partial charge >= 0.3 is 0 Å². The van der Waals surface area contributed by atoms with Gasteiger partial charge in [-0.3, -0.25) is 0 Å². The third kappa shape index (κ3) is 3.17. The van der Waals surface area contributed by atoms with Crippen LogP contribution in [0.1, 0.15) is 28.5 Å². The van der Waals surface area contributed by atoms with Gasteiger partial charge in [0.15, 0.2) is 11.6 Å². The van der Waals surface area contributed by atoms with Crippen molar-refractivity contribution in [3.05, 3.63) is 64.0 Å². The van der Waals surface area contributed by atoms with Crippen molar-refractivity contribution < 1.29 is 0 Å². The Morgan fingerprint density at radius 1 is 1.09 bits per heavy atom. The fraction of sp³-hybridized carbons (Fsp3) is 0.250. The van der Waals surface area contributed by atoms with E-state index in [2.05, 4.69) is 20.4 Å². The van der Waals surface area contributed by atoms with Crippen molar-refractivity contribution in [3.63, 3.8) is 0 Å². The molecule has 0 aliphatic heterocycles. The minimum absolute atomic E-state index is 0.568. The molecule has 0 N–H and O–H groups in total. The van der Waals surface area contributed by atoms with E-state index in [0.29, 0.717) is 11.7 Å². The Balaban J connectivity index is 1.89. The van der Waals surface area contributed by atoms with Crippen molar-refractivity contribution in [2.24, 2.45) is 5.10 Å². The van der Waals surface area contributed by atoms with E-state index >= 15 is 0 Å². The predicted octanol–water partition coefficient (Wildman–Crippen LogP) is 2.98. The zero-order valence-electron chi connectivity index (χ0n) is 13.2. The maximum absolute atomic E-state index is 6.47. The van der Waals surface area contributed by atoms with Crippen LogP contribution in [0.3, 0.4) is 0 Å². The molecule has 0 bridgehead atoms. The highest BCUT2D eigenvalue weighted by atomic mass is 35.5. The lowest BCUT2D eigenvalue weighted by atomic mass is 10.2. The summed E-state index contributed by atoms with van der Waals surface area (Å²) in [5, 5.41) is 17.4. The van der Waals surface area contributed by atoms with E-state index in [0.717, 1.165) is 28.5 Å². The van der Waals surface area contributed by atoms with Crippen LogP contribution in [-0.4, -0.2) is 30.9 Å². The first-order valence-corrected chi connectivity index (χ1v) is 7.64. The molecule has 6 nitrogen and oxygen atoms in total. The summed E-state index contributed by atoms with van der Waals surface area (Å²) in [5.74, 6) is 1.45. The number of aromatic nitrogens is 5. The summed E-state index contributed by atoms with van der Waals surface area (Å²) in [7, 11) is 0. The summed E-state index contributed by atoms with van der Waals surface area (Å²) in [5.41, 5.74) is 2.78. The summed E-state index contributed by atoms with van der Waals surface area (Å²) in [6, 6.07) is 10.1. The van der Waals surface area contributed by atoms with Crippen LogP contribution in [0, 0.1) is 20.8 Å². The molecule has 0 unspecified atom stereocenters. The molecule has 0 aliphatic carbocycles. The average Bonchev–Trinajstić information content (AvgIpc) is 2.99. The van der Waals surface area contributed by atoms with E-state index < -0.39 is 0 Å². The first kappa shape index (κ1) is 15.4. The van der Waals surface area contributed by atoms with E-state index in [4.69, 9.17) is 11.6 Å². The molecule has 0 aliphatic rings. The van der Waals surface area contributed by atoms with Gasteiger partial charge in [-0.1, -0.05) is 41.9 Å². The summed E-state index contributed by atoms with van der Waals surface area (Å²) >= 11 is 6.47. The first-order valence-electron chi connectivity index (χ1n) is 7.26. The molecule has 3 rings (SSSR count). The standard InChI is InChI=1S/C16H17ClN6/c1-11-15(9-18-23-12(2)19-20-13(23)3)16(17)22(21-11)10-14-7-5-4-6-8-14/h4-9H,10H2,1-3H3/b18-9-. The molecular formula is C16H17ClN6. The normalized spacial score (nSPS) is 11.5. The van der Waals surface area contributed by atoms with Crippen LogP contribution in [0.4, 0.5) is 0 Å². The smallest absolute Gasteiger partial charge is 0.151 e. The van der Waals surface area contributed by atoms with Gasteiger partial charge in [0.1, 0.15) is 5.15 Å². The second-order valence-corrected chi connectivity index (χ2v) is 5.64. The molecule has 0 spiro atoms. The van der Waals surface area contributed by atoms with E-state index in [9.17, 15) is 0 Å². The lowest BCUT2D eigenvalue weighted by Crippen LogP contribution is -2.02. The fourth-order valence-corrected chi connectivity index (χ4v) is 2.60. The maximum atomic E-state index is 6.47. The number of aryl methyl sites for hydroxylation is 3. The van der Waals surface area contributed by atoms with Crippen LogP contribution in [0.5, 0.6) is 0 Å². The van der Waals surface area contributed by atoms with E-state index in [1.54, 1.807) is 15.6 Å². The largest absolute Gasteiger partial charge is 0.249 e. The van der Waals surface area contributed by atoms with Crippen molar-refractivity contribution in [1.82, 2.24) is 24.7 Å². The molecule has 23 heavy (non-hydrogen) atoms. The predicted molar refractivity (Wildman–Crippen MR) is 90.0 cm³/mol. The summed E-state index contributed by atoms with van der Waals surface area (Å²) in [4.78, 5) is 0. The Morgan fingerprint density at radius 2 is 1.74 bits per heavy atom. The molecule has 0 saturated carbocycles. The Morgan fingerprint density at radius 3 is 2.39 bits per heavy atom. The Hall–Kier alpha value is -2.47. The van der Waals surface area contributed by atoms with Crippen LogP contribution in [-0.2, 0) is 6.54 Å². The van der Waals surface area contributed by atoms with Crippen molar-refractivity contribution in [2.45, 2.75) is 27.3 Å². The maximum Gasteiger partial charge on any atom is 0.151 e. The zero-order chi connectivity index (χ0) is 16.4. The number of nitrogens with zero attached hydrogens (tertiary/aromatic N) is 6. The highest BCUT2D eigenvalue weighted by Crippen LogP contribution is 2.19. The van der Waals surface area contributed by atoms with Crippen molar-refractivity contribution in [3.8, 4) is 0 Å². The van der Waals surface area contributed by atoms with Crippen LogP contribution < -0.4 is 0 Å². The number of hydrogen-bond acceptors (Lipinski definition) is 4. The SMILES string of the molecule is Cc1nn(Cc2ccccc2)c(Cl)c1/C=N\n1c(C)nnc1C. The third-order valence-electron chi connectivity index (χ3n) is 3.54. The van der Waals surface area contributed by atoms with Gasteiger partial charge < -0.3 is 0 Å². The molecule has 0 radical (unpaired) electrons. The quantitative estimate of drug-likeness (QED) is 0.692. The molecular weight excluding hydrogens is 312 g/mol. The van der Waals surface area contributed by atoms with Gasteiger partial charge in [0, 0.05) is 0 Å². The van der Waals surface area contributed by atoms with Gasteiger partial charge in [-0.05, 0) is 26.3 Å². The second-order valence-electron chi connectivity index (χ2n) is 5.28. The average molecular weight is 329 g/mol. The molecule has 3 aromatic rings. The lowest BCUT2D eigenvalue weighted by Gasteiger charge is -2.03. The number of halogens is 1. The zero-order valence-corrected chi connectivity index (χ0v) is 14.0. The Kier molecular flexibility index (Phi) is 4.25. The molecule has 0 saturated heterocycles. The van der Waals surface area contributed by atoms with Crippen LogP contribution in [0.2, 0.25) is 5.15 Å². The number of benzene rings is 1. The van der Waals surface area contributed by atoms with Gasteiger partial charge in [0.25, 0.3) is 0 Å². The summed E-state index contributed by atoms with van der Waals surface area (Å²) in [6.07, 6.45) is 1.70. The molecule has 0 amide bonds. The number of rotatable bonds is 4. The van der Waals surface area contributed by atoms with Crippen molar-refractivity contribution >= 4 is 17.8 Å². The molecule has 2 heterocycles. The molecule has 7 heteroatoms. The van der Waals surface area contributed by atoms with Gasteiger partial charge in [-0.2, -0.15) is 10.2 Å². The van der Waals surface area contributed by atoms with Crippen LogP contribution in [0.25, 0.3) is 0 Å². The van der Waals surface area contributed by atoms with E-state index in [-0.39, 0.29) is 0 Å². The Bertz CT molecular complexity index is 828. The Labute approximate surface area is 139 Å². The van der Waals surface area contributed by atoms with Crippen LogP contribution >= 0.6 is 11.6 Å². The molecule has 118 valence electrons. The number of hydrogen-bond donors (Lipinski definition) is 0. The molecule has 2 aromatic heterocycles. The topological polar surface area (TPSA) is 60.9 Å². The van der Waals surface area contributed by atoms with Crippen molar-refractivity contribution in [2.75, 3.05) is 0 Å². The van der Waals surface area contributed by atoms with Gasteiger partial charge in [-0.15, -0.1) is 10.2 Å². The highest BCUT2D eigenvalue weighted by molar-refractivity contribution is 6.32.